The number of hydrogen-bond donors (Lipinski definition) is 1. The summed E-state index contributed by atoms with van der Waals surface area (Å²) in [6, 6.07) is 46.4. The molecule has 4 aliphatic rings. The van der Waals surface area contributed by atoms with Crippen LogP contribution >= 0.6 is 50.9 Å². The van der Waals surface area contributed by atoms with E-state index in [1.54, 1.807) is 42.4 Å². The number of ether oxygens (including phenoxy) is 5. The van der Waals surface area contributed by atoms with E-state index in [-0.39, 0.29) is 37.4 Å². The van der Waals surface area contributed by atoms with Gasteiger partial charge in [0.2, 0.25) is 0 Å². The zero-order valence-electron chi connectivity index (χ0n) is 65.3. The molecule has 1 N–H and O–H groups in total. The Bertz CT molecular complexity index is 4310. The molecule has 7 aromatic rings. The van der Waals surface area contributed by atoms with Crippen molar-refractivity contribution < 1.29 is 78.5 Å². The van der Waals surface area contributed by atoms with E-state index in [0.717, 1.165) is 58.1 Å². The van der Waals surface area contributed by atoms with Gasteiger partial charge in [0.1, 0.15) is 28.2 Å². The number of benzene rings is 7. The van der Waals surface area contributed by atoms with Crippen LogP contribution in [0.25, 0.3) is 0 Å². The molecule has 0 aliphatic carbocycles. The number of aliphatic hydroxyl groups excluding tert-OH is 1. The molecule has 26 heteroatoms. The number of carbonyl (C=O) groups is 5. The molecule has 4 amide bonds. The van der Waals surface area contributed by atoms with Crippen LogP contribution in [-0.2, 0) is 97.6 Å². The van der Waals surface area contributed by atoms with E-state index >= 15 is 0 Å². The van der Waals surface area contributed by atoms with Gasteiger partial charge in [-0.3, -0.25) is 0 Å². The third kappa shape index (κ3) is 24.2. The number of esters is 1. The number of alkyl halides is 4. The van der Waals surface area contributed by atoms with E-state index in [1.807, 2.05) is 100 Å². The van der Waals surface area contributed by atoms with Crippen LogP contribution in [0.4, 0.5) is 32.3 Å². The van der Waals surface area contributed by atoms with Crippen molar-refractivity contribution in [2.45, 2.75) is 202 Å². The first-order valence-electron chi connectivity index (χ1n) is 35.9. The van der Waals surface area contributed by atoms with Gasteiger partial charge in [-0.05, 0) is 239 Å². The molecule has 18 nitrogen and oxygen atoms in total. The fourth-order valence-corrected chi connectivity index (χ4v) is 20.7. The predicted molar refractivity (Wildman–Crippen MR) is 435 cm³/mol. The molecule has 0 unspecified atom stereocenters. The number of hydrogen-bond acceptors (Lipinski definition) is 14. The molecule has 0 saturated carbocycles. The molecule has 0 bridgehead atoms. The number of amides is 4. The predicted octanol–water partition coefficient (Wildman–Crippen LogP) is 18.7. The van der Waals surface area contributed by atoms with Crippen LogP contribution in [0.1, 0.15) is 171 Å². The molecule has 0 atom stereocenters. The largest absolute Gasteiger partial charge is 0.534 e. The van der Waals surface area contributed by atoms with Crippen molar-refractivity contribution in [2.75, 3.05) is 33.3 Å². The van der Waals surface area contributed by atoms with Crippen LogP contribution in [0.3, 0.4) is 0 Å². The quantitative estimate of drug-likeness (QED) is 0.0375. The van der Waals surface area contributed by atoms with Gasteiger partial charge in [0.25, 0.3) is 0 Å². The summed E-state index contributed by atoms with van der Waals surface area (Å²) in [7, 11) is -4.35. The molecule has 0 aromatic heterocycles. The monoisotopic (exact) mass is 1740 g/mol. The summed E-state index contributed by atoms with van der Waals surface area (Å²) in [4.78, 5) is 67.1. The Morgan fingerprint density at radius 2 is 0.743 bits per heavy atom. The zero-order chi connectivity index (χ0) is 81.0. The maximum absolute atomic E-state index is 12.5. The fourth-order valence-electron chi connectivity index (χ4n) is 12.7. The Labute approximate surface area is 665 Å². The number of carbonyl (C=O) groups excluding carboxylic acids is 5. The zero-order valence-corrected chi connectivity index (χ0v) is 71.8. The van der Waals surface area contributed by atoms with Crippen molar-refractivity contribution in [3.05, 3.63) is 223 Å². The molecule has 11 rings (SSSR count). The van der Waals surface area contributed by atoms with Crippen molar-refractivity contribution in [1.29, 1.82) is 0 Å². The number of halogens is 6. The third-order valence-electron chi connectivity index (χ3n) is 17.8. The van der Waals surface area contributed by atoms with Gasteiger partial charge in [-0.25, -0.2) is 24.0 Å². The minimum absolute atomic E-state index is 0.0594. The number of aliphatic hydroxyl groups is 1. The van der Waals surface area contributed by atoms with Gasteiger partial charge in [0.15, 0.2) is 0 Å². The van der Waals surface area contributed by atoms with E-state index in [2.05, 4.69) is 161 Å². The number of methoxy groups -OCH3 is 1. The minimum atomic E-state index is -5.72. The number of fused-ring (bicyclic) bond motifs is 4. The molecule has 0 fully saturated rings. The standard InChI is InChI=1S/C18H15Br2P.C17H23NO4.C16H22BrNO2.C16H20F3NO5S.C16H23NO3/c19-21(20,16-10-4-1-5-11-16,17-12-6-2-7-13-17)18-14-8-3-9-15-18;1-11-8-13(15(19)21-5)9-12-6-7-18(10-14(11)12)16(20)22-17(2,3)4;1-11-7-12(9-17)8-13-5-6-18(10-14(11)13)15(19)20-16(2,3)4;1-10-7-12(25-26(22,23)16(17,18)19)8-11-5-6-20(9-13(10)11)14(21)24-15(2,3)4;1-11-7-12(10-18)8-13-5-6-17(9-14(11)13)15(19)20-16(2,3)4/h1-15H;8-9H,6-7,10H2,1-5H3;7-8H,5-6,9-10H2,1-4H3;7-8H,5-6,9H2,1-4H3;7-8,18H,5-6,9-10H2,1-4H3. The minimum Gasteiger partial charge on any atom is -0.465 e. The van der Waals surface area contributed by atoms with Gasteiger partial charge >= 0.3 is 188 Å². The van der Waals surface area contributed by atoms with Crippen molar-refractivity contribution >= 4 is 107 Å². The first-order valence-corrected chi connectivity index (χ1v) is 44.7. The van der Waals surface area contributed by atoms with Crippen LogP contribution in [0.2, 0.25) is 0 Å². The molecule has 7 aromatic carbocycles. The van der Waals surface area contributed by atoms with Gasteiger partial charge in [-0.1, -0.05) is 40.2 Å². The van der Waals surface area contributed by atoms with Gasteiger partial charge in [-0.15, -0.1) is 0 Å². The number of aryl methyl sites for hydroxylation is 4. The summed E-state index contributed by atoms with van der Waals surface area (Å²) in [5.74, 6) is -0.732. The van der Waals surface area contributed by atoms with Crippen molar-refractivity contribution in [3.8, 4) is 5.75 Å². The van der Waals surface area contributed by atoms with Crippen molar-refractivity contribution in [3.63, 3.8) is 0 Å². The fraction of sp³-hybridized carbons (Fsp3) is 0.434. The molecule has 4 aliphatic heterocycles. The topological polar surface area (TPSA) is 208 Å². The molecular weight excluding hydrogens is 1640 g/mol. The summed E-state index contributed by atoms with van der Waals surface area (Å²) in [6.07, 6.45) is 1.51. The summed E-state index contributed by atoms with van der Waals surface area (Å²) < 4.78 is 87.5. The second kappa shape index (κ2) is 36.3. The normalized spacial score (nSPS) is 14.6. The van der Waals surface area contributed by atoms with Gasteiger partial charge in [0, 0.05) is 57.7 Å². The van der Waals surface area contributed by atoms with E-state index in [4.69, 9.17) is 23.7 Å². The van der Waals surface area contributed by atoms with Crippen LogP contribution < -0.4 is 20.1 Å². The summed E-state index contributed by atoms with van der Waals surface area (Å²) >= 11 is 11.8. The molecular formula is C83H103Br3F3N4O14PS. The second-order valence-electron chi connectivity index (χ2n) is 31.2. The van der Waals surface area contributed by atoms with Crippen LogP contribution in [0.15, 0.2) is 140 Å². The first kappa shape index (κ1) is 88.7. The smallest absolute Gasteiger partial charge is 0.465 e. The molecule has 0 radical (unpaired) electrons. The van der Waals surface area contributed by atoms with Gasteiger partial charge < -0.3 is 52.6 Å². The SMILES string of the molecule is BrP(Br)(c1ccccc1)(c1ccccc1)c1ccccc1.COC(=O)c1cc(C)c2c(c1)CCN(C(=O)OC(C)(C)C)C2.Cc1cc(CBr)cc2c1CN(C(=O)OC(C)(C)C)CC2.Cc1cc(CO)cc2c1CN(C(=O)OC(C)(C)C)CC2.Cc1cc(OS(=O)(=O)C(F)(F)F)cc2c1CN(C(=O)OC(C)(C)C)CC2. The van der Waals surface area contributed by atoms with Gasteiger partial charge in [-0.2, -0.15) is 21.6 Å². The summed E-state index contributed by atoms with van der Waals surface area (Å²) in [5, 5.41) is 13.9. The summed E-state index contributed by atoms with van der Waals surface area (Å²) in [6.45, 7) is 34.2. The Balaban J connectivity index is 0.000000190. The van der Waals surface area contributed by atoms with E-state index < -0.39 is 53.9 Å². The Kier molecular flexibility index (Phi) is 29.5. The Morgan fingerprint density at radius 1 is 0.450 bits per heavy atom. The Hall–Kier alpha value is -7.54. The third-order valence-corrected chi connectivity index (χ3v) is 30.4. The number of nitrogens with zero attached hydrogens (tertiary/aromatic N) is 4. The number of rotatable bonds is 8. The molecule has 0 saturated heterocycles. The van der Waals surface area contributed by atoms with Crippen LogP contribution in [-0.4, -0.2) is 125 Å². The summed E-state index contributed by atoms with van der Waals surface area (Å²) in [5.41, 5.74) is 7.75. The van der Waals surface area contributed by atoms with Crippen molar-refractivity contribution in [1.82, 2.24) is 19.6 Å². The van der Waals surface area contributed by atoms with Crippen LogP contribution in [0.5, 0.6) is 5.75 Å². The Morgan fingerprint density at radius 3 is 1.05 bits per heavy atom. The van der Waals surface area contributed by atoms with Gasteiger partial charge in [0.05, 0.1) is 19.3 Å². The molecule has 592 valence electrons. The van der Waals surface area contributed by atoms with E-state index in [1.165, 1.54) is 73.4 Å². The maximum atomic E-state index is 12.5. The first-order chi connectivity index (χ1) is 50.6. The molecule has 0 spiro atoms. The second-order valence-corrected chi connectivity index (χ2v) is 48.0. The molecule has 4 heterocycles. The molecule has 109 heavy (non-hydrogen) atoms. The van der Waals surface area contributed by atoms with E-state index in [0.29, 0.717) is 68.8 Å². The maximum Gasteiger partial charge on any atom is 0.534 e. The van der Waals surface area contributed by atoms with E-state index in [9.17, 15) is 50.7 Å². The average Bonchev–Trinajstić information content (AvgIpc) is 0.718. The van der Waals surface area contributed by atoms with Crippen LogP contribution in [0, 0.1) is 27.7 Å². The average molecular weight is 1740 g/mol. The van der Waals surface area contributed by atoms with Crippen molar-refractivity contribution in [2.24, 2.45) is 0 Å².